The van der Waals surface area contributed by atoms with Gasteiger partial charge in [-0.3, -0.25) is 0 Å². The van der Waals surface area contributed by atoms with Gasteiger partial charge in [-0.2, -0.15) is 0 Å². The zero-order valence-electron chi connectivity index (χ0n) is 10.7. The van der Waals surface area contributed by atoms with Gasteiger partial charge in [-0.1, -0.05) is 55.0 Å². The summed E-state index contributed by atoms with van der Waals surface area (Å²) >= 11 is 12.6. The quantitative estimate of drug-likeness (QED) is 0.777. The van der Waals surface area contributed by atoms with Crippen molar-refractivity contribution in [2.24, 2.45) is 11.7 Å². The Hall–Kier alpha value is -0.240. The highest BCUT2D eigenvalue weighted by Crippen LogP contribution is 2.40. The first-order valence-corrected chi connectivity index (χ1v) is 7.63. The van der Waals surface area contributed by atoms with Crippen LogP contribution in [0.3, 0.4) is 0 Å². The van der Waals surface area contributed by atoms with Gasteiger partial charge in [0, 0.05) is 16.0 Å². The molecule has 1 aliphatic rings. The number of hydrogen-bond acceptors (Lipinski definition) is 1. The normalized spacial score (nSPS) is 19.5. The predicted octanol–water partition coefficient (Wildman–Crippen LogP) is 5.01. The molecule has 0 amide bonds. The molecular formula is C15H21Cl2N. The van der Waals surface area contributed by atoms with E-state index in [4.69, 9.17) is 28.9 Å². The smallest absolute Gasteiger partial charge is 0.0456 e. The molecule has 18 heavy (non-hydrogen) atoms. The summed E-state index contributed by atoms with van der Waals surface area (Å²) in [5, 5.41) is 1.53. The molecule has 100 valence electrons. The second-order valence-corrected chi connectivity index (χ2v) is 6.04. The van der Waals surface area contributed by atoms with E-state index in [0.717, 1.165) is 15.6 Å². The minimum absolute atomic E-state index is 0.310. The van der Waals surface area contributed by atoms with E-state index in [0.29, 0.717) is 18.4 Å². The molecule has 0 aliphatic heterocycles. The van der Waals surface area contributed by atoms with E-state index < -0.39 is 0 Å². The maximum Gasteiger partial charge on any atom is 0.0456 e. The fraction of sp³-hybridized carbons (Fsp3) is 0.600. The number of nitrogens with two attached hydrogens (primary N) is 1. The second-order valence-electron chi connectivity index (χ2n) is 5.23. The van der Waals surface area contributed by atoms with E-state index in [9.17, 15) is 0 Å². The van der Waals surface area contributed by atoms with Crippen LogP contribution in [0.5, 0.6) is 0 Å². The lowest BCUT2D eigenvalue weighted by atomic mass is 9.81. The van der Waals surface area contributed by atoms with E-state index in [1.807, 2.05) is 18.2 Å². The van der Waals surface area contributed by atoms with E-state index >= 15 is 0 Å². The van der Waals surface area contributed by atoms with Gasteiger partial charge in [0.25, 0.3) is 0 Å². The van der Waals surface area contributed by atoms with E-state index in [1.54, 1.807) is 0 Å². The summed E-state index contributed by atoms with van der Waals surface area (Å²) < 4.78 is 0. The van der Waals surface area contributed by atoms with Crippen LogP contribution in [-0.4, -0.2) is 6.54 Å². The first kappa shape index (κ1) is 14.2. The van der Waals surface area contributed by atoms with Crippen LogP contribution in [0.25, 0.3) is 0 Å². The first-order valence-electron chi connectivity index (χ1n) is 6.88. The summed E-state index contributed by atoms with van der Waals surface area (Å²) in [4.78, 5) is 0. The van der Waals surface area contributed by atoms with Crippen molar-refractivity contribution in [3.63, 3.8) is 0 Å². The van der Waals surface area contributed by atoms with Crippen LogP contribution in [0.15, 0.2) is 18.2 Å². The van der Waals surface area contributed by atoms with Crippen molar-refractivity contribution in [3.05, 3.63) is 33.8 Å². The standard InChI is InChI=1S/C15H21Cl2N/c16-13-8-5-9-14(17)15(13)12(10-18)11-6-3-1-2-4-7-11/h5,8-9,11-12H,1-4,6-7,10,18H2. The van der Waals surface area contributed by atoms with Gasteiger partial charge >= 0.3 is 0 Å². The Morgan fingerprint density at radius 3 is 2.11 bits per heavy atom. The van der Waals surface area contributed by atoms with Crippen LogP contribution in [-0.2, 0) is 0 Å². The lowest BCUT2D eigenvalue weighted by Crippen LogP contribution is -2.22. The Morgan fingerprint density at radius 2 is 1.61 bits per heavy atom. The Balaban J connectivity index is 2.26. The molecule has 1 unspecified atom stereocenters. The van der Waals surface area contributed by atoms with Crippen LogP contribution >= 0.6 is 23.2 Å². The molecule has 0 aromatic heterocycles. The molecule has 1 fully saturated rings. The van der Waals surface area contributed by atoms with Gasteiger partial charge in [-0.15, -0.1) is 0 Å². The van der Waals surface area contributed by atoms with Crippen molar-refractivity contribution in [2.45, 2.75) is 44.4 Å². The lowest BCUT2D eigenvalue weighted by Gasteiger charge is -2.27. The minimum atomic E-state index is 0.310. The summed E-state index contributed by atoms with van der Waals surface area (Å²) in [5.74, 6) is 0.944. The molecule has 3 heteroatoms. The van der Waals surface area contributed by atoms with Gasteiger partial charge in [0.1, 0.15) is 0 Å². The Bertz CT molecular complexity index is 364. The van der Waals surface area contributed by atoms with Crippen molar-refractivity contribution < 1.29 is 0 Å². The van der Waals surface area contributed by atoms with Crippen LogP contribution < -0.4 is 5.73 Å². The molecular weight excluding hydrogens is 265 g/mol. The fourth-order valence-electron chi connectivity index (χ4n) is 3.12. The zero-order valence-corrected chi connectivity index (χ0v) is 12.2. The highest BCUT2D eigenvalue weighted by Gasteiger charge is 2.26. The van der Waals surface area contributed by atoms with Gasteiger partial charge in [0.2, 0.25) is 0 Å². The molecule has 0 saturated heterocycles. The summed E-state index contributed by atoms with van der Waals surface area (Å²) in [6.07, 6.45) is 7.83. The summed E-state index contributed by atoms with van der Waals surface area (Å²) in [7, 11) is 0. The Labute approximate surface area is 120 Å². The van der Waals surface area contributed by atoms with Crippen molar-refractivity contribution >= 4 is 23.2 Å². The van der Waals surface area contributed by atoms with Gasteiger partial charge in [0.05, 0.1) is 0 Å². The Morgan fingerprint density at radius 1 is 1.06 bits per heavy atom. The van der Waals surface area contributed by atoms with Crippen LogP contribution in [0, 0.1) is 5.92 Å². The lowest BCUT2D eigenvalue weighted by molar-refractivity contribution is 0.380. The average molecular weight is 286 g/mol. The maximum absolute atomic E-state index is 6.32. The topological polar surface area (TPSA) is 26.0 Å². The van der Waals surface area contributed by atoms with Gasteiger partial charge < -0.3 is 5.73 Å². The average Bonchev–Trinajstić information content (AvgIpc) is 2.63. The third kappa shape index (κ3) is 3.20. The van der Waals surface area contributed by atoms with Crippen molar-refractivity contribution in [1.29, 1.82) is 0 Å². The Kier molecular flexibility index (Phi) is 5.35. The second kappa shape index (κ2) is 6.79. The molecule has 1 aliphatic carbocycles. The molecule has 2 N–H and O–H groups in total. The number of hydrogen-bond donors (Lipinski definition) is 1. The molecule has 1 saturated carbocycles. The van der Waals surface area contributed by atoms with Crippen LogP contribution in [0.1, 0.15) is 50.0 Å². The van der Waals surface area contributed by atoms with Crippen LogP contribution in [0.2, 0.25) is 10.0 Å². The molecule has 0 heterocycles. The molecule has 1 aromatic carbocycles. The van der Waals surface area contributed by atoms with Gasteiger partial charge in [-0.25, -0.2) is 0 Å². The number of benzene rings is 1. The van der Waals surface area contributed by atoms with Crippen molar-refractivity contribution in [1.82, 2.24) is 0 Å². The highest BCUT2D eigenvalue weighted by molar-refractivity contribution is 6.36. The summed E-state index contributed by atoms with van der Waals surface area (Å²) in [5.41, 5.74) is 7.07. The van der Waals surface area contributed by atoms with Gasteiger partial charge in [-0.05, 0) is 43.0 Å². The molecule has 1 nitrogen and oxygen atoms in total. The summed E-state index contributed by atoms with van der Waals surface area (Å²) in [6.45, 7) is 0.633. The minimum Gasteiger partial charge on any atom is -0.330 e. The monoisotopic (exact) mass is 285 g/mol. The SMILES string of the molecule is NCC(c1c(Cl)cccc1Cl)C1CCCCCC1. The summed E-state index contributed by atoms with van der Waals surface area (Å²) in [6, 6.07) is 5.74. The molecule has 0 spiro atoms. The third-order valence-electron chi connectivity index (χ3n) is 4.09. The highest BCUT2D eigenvalue weighted by atomic mass is 35.5. The number of rotatable bonds is 3. The van der Waals surface area contributed by atoms with Crippen LogP contribution in [0.4, 0.5) is 0 Å². The van der Waals surface area contributed by atoms with Crippen molar-refractivity contribution in [3.8, 4) is 0 Å². The molecule has 0 radical (unpaired) electrons. The maximum atomic E-state index is 6.32. The molecule has 1 atom stereocenters. The van der Waals surface area contributed by atoms with Crippen molar-refractivity contribution in [2.75, 3.05) is 6.54 Å². The van der Waals surface area contributed by atoms with Gasteiger partial charge in [0.15, 0.2) is 0 Å². The van der Waals surface area contributed by atoms with E-state index in [-0.39, 0.29) is 0 Å². The fourth-order valence-corrected chi connectivity index (χ4v) is 3.80. The third-order valence-corrected chi connectivity index (χ3v) is 4.75. The first-order chi connectivity index (χ1) is 8.74. The molecule has 2 rings (SSSR count). The zero-order chi connectivity index (χ0) is 13.0. The van der Waals surface area contributed by atoms with E-state index in [2.05, 4.69) is 0 Å². The molecule has 1 aromatic rings. The number of halogens is 2. The van der Waals surface area contributed by atoms with E-state index in [1.165, 1.54) is 38.5 Å². The molecule has 0 bridgehead atoms. The largest absolute Gasteiger partial charge is 0.330 e. The predicted molar refractivity (Wildman–Crippen MR) is 79.4 cm³/mol.